The van der Waals surface area contributed by atoms with Crippen molar-refractivity contribution in [3.8, 4) is 0 Å². The Morgan fingerprint density at radius 3 is 2.80 bits per heavy atom. The number of aliphatic hydroxyl groups excluding tert-OH is 1. The summed E-state index contributed by atoms with van der Waals surface area (Å²) in [7, 11) is 0. The zero-order valence-corrected chi connectivity index (χ0v) is 8.85. The van der Waals surface area contributed by atoms with E-state index >= 15 is 0 Å². The van der Waals surface area contributed by atoms with E-state index in [1.807, 2.05) is 0 Å². The van der Waals surface area contributed by atoms with Gasteiger partial charge >= 0.3 is 0 Å². The molecule has 0 radical (unpaired) electrons. The highest BCUT2D eigenvalue weighted by Crippen LogP contribution is 2.21. The summed E-state index contributed by atoms with van der Waals surface area (Å²) in [5, 5.41) is 19.6. The Hall–Kier alpha value is -1.33. The number of nitro groups is 1. The third kappa shape index (κ3) is 3.07. The largest absolute Gasteiger partial charge is 0.391 e. The molecular formula is C10H11NO3S. The fourth-order valence-corrected chi connectivity index (χ4v) is 1.28. The maximum Gasteiger partial charge on any atom is 0.275 e. The molecule has 5 heteroatoms. The minimum Gasteiger partial charge on any atom is -0.391 e. The molecule has 4 nitrogen and oxygen atoms in total. The Morgan fingerprint density at radius 2 is 2.27 bits per heavy atom. The first-order valence-electron chi connectivity index (χ1n) is 4.34. The number of thiol groups is 1. The Kier molecular flexibility index (Phi) is 4.33. The van der Waals surface area contributed by atoms with Gasteiger partial charge in [0, 0.05) is 11.8 Å². The third-order valence-corrected chi connectivity index (χ3v) is 2.10. The van der Waals surface area contributed by atoms with E-state index in [1.54, 1.807) is 24.3 Å². The van der Waals surface area contributed by atoms with E-state index in [-0.39, 0.29) is 12.3 Å². The van der Waals surface area contributed by atoms with Gasteiger partial charge in [-0.15, -0.1) is 0 Å². The predicted octanol–water partition coefficient (Wildman–Crippen LogP) is 2.03. The lowest BCUT2D eigenvalue weighted by atomic mass is 10.1. The lowest BCUT2D eigenvalue weighted by Gasteiger charge is -2.00. The molecule has 0 atom stereocenters. The Morgan fingerprint density at radius 1 is 1.53 bits per heavy atom. The van der Waals surface area contributed by atoms with Gasteiger partial charge in [-0.2, -0.15) is 12.6 Å². The SMILES string of the molecule is O=[N+]([O-])c1cc(C=CCS)ccc1CO. The number of rotatable bonds is 4. The number of hydrogen-bond donors (Lipinski definition) is 2. The predicted molar refractivity (Wildman–Crippen MR) is 61.9 cm³/mol. The lowest BCUT2D eigenvalue weighted by molar-refractivity contribution is -0.385. The first-order chi connectivity index (χ1) is 7.19. The molecule has 0 spiro atoms. The molecule has 1 aromatic carbocycles. The maximum atomic E-state index is 10.7. The standard InChI is InChI=1S/C10H11NO3S/c12-7-9-4-3-8(2-1-5-15)6-10(9)11(13)14/h1-4,6,12,15H,5,7H2. The van der Waals surface area contributed by atoms with Crippen molar-refractivity contribution in [3.05, 3.63) is 45.5 Å². The van der Waals surface area contributed by atoms with Gasteiger partial charge in [0.25, 0.3) is 5.69 Å². The number of hydrogen-bond acceptors (Lipinski definition) is 4. The van der Waals surface area contributed by atoms with Gasteiger partial charge in [-0.05, 0) is 11.6 Å². The summed E-state index contributed by atoms with van der Waals surface area (Å²) >= 11 is 4.00. The van der Waals surface area contributed by atoms with Crippen LogP contribution in [-0.2, 0) is 6.61 Å². The highest BCUT2D eigenvalue weighted by Gasteiger charge is 2.12. The minimum absolute atomic E-state index is 0.0567. The molecule has 0 heterocycles. The molecule has 0 aliphatic rings. The summed E-state index contributed by atoms with van der Waals surface area (Å²) in [6.45, 7) is -0.327. The first-order valence-corrected chi connectivity index (χ1v) is 4.98. The Balaban J connectivity index is 3.10. The van der Waals surface area contributed by atoms with Crippen LogP contribution >= 0.6 is 12.6 Å². The van der Waals surface area contributed by atoms with E-state index in [1.165, 1.54) is 6.07 Å². The summed E-state index contributed by atoms with van der Waals surface area (Å²) < 4.78 is 0. The Bertz CT molecular complexity index is 390. The van der Waals surface area contributed by atoms with Crippen molar-refractivity contribution in [1.82, 2.24) is 0 Å². The molecule has 1 rings (SSSR count). The summed E-state index contributed by atoms with van der Waals surface area (Å²) in [6, 6.07) is 4.71. The third-order valence-electron chi connectivity index (χ3n) is 1.89. The second kappa shape index (κ2) is 5.53. The van der Waals surface area contributed by atoms with Crippen molar-refractivity contribution in [3.63, 3.8) is 0 Å². The molecule has 15 heavy (non-hydrogen) atoms. The molecule has 0 saturated heterocycles. The summed E-state index contributed by atoms with van der Waals surface area (Å²) in [4.78, 5) is 10.2. The van der Waals surface area contributed by atoms with E-state index in [4.69, 9.17) is 5.11 Å². The van der Waals surface area contributed by atoms with E-state index in [0.29, 0.717) is 11.3 Å². The van der Waals surface area contributed by atoms with Crippen LogP contribution in [0.25, 0.3) is 6.08 Å². The Labute approximate surface area is 92.8 Å². The van der Waals surface area contributed by atoms with Gasteiger partial charge in [0.1, 0.15) is 0 Å². The topological polar surface area (TPSA) is 63.4 Å². The molecule has 0 unspecified atom stereocenters. The molecule has 0 amide bonds. The quantitative estimate of drug-likeness (QED) is 0.468. The minimum atomic E-state index is -0.496. The lowest BCUT2D eigenvalue weighted by Crippen LogP contribution is -1.95. The summed E-state index contributed by atoms with van der Waals surface area (Å²) in [5.41, 5.74) is 0.995. The van der Waals surface area contributed by atoms with Crippen LogP contribution in [0.15, 0.2) is 24.3 Å². The molecule has 80 valence electrons. The second-order valence-electron chi connectivity index (χ2n) is 2.89. The van der Waals surface area contributed by atoms with Crippen molar-refractivity contribution in [2.45, 2.75) is 6.61 Å². The highest BCUT2D eigenvalue weighted by molar-refractivity contribution is 7.80. The van der Waals surface area contributed by atoms with Crippen molar-refractivity contribution in [1.29, 1.82) is 0 Å². The first kappa shape index (κ1) is 11.7. The molecule has 0 aromatic heterocycles. The van der Waals surface area contributed by atoms with Gasteiger partial charge in [-0.3, -0.25) is 10.1 Å². The molecule has 0 fully saturated rings. The van der Waals surface area contributed by atoms with E-state index in [2.05, 4.69) is 12.6 Å². The number of aliphatic hydroxyl groups is 1. The van der Waals surface area contributed by atoms with Gasteiger partial charge in [0.2, 0.25) is 0 Å². The molecule has 0 aliphatic heterocycles. The van der Waals surface area contributed by atoms with Gasteiger partial charge in [0.15, 0.2) is 0 Å². The van der Waals surface area contributed by atoms with Crippen molar-refractivity contribution < 1.29 is 10.0 Å². The number of nitro benzene ring substituents is 1. The van der Waals surface area contributed by atoms with Crippen LogP contribution in [0.1, 0.15) is 11.1 Å². The summed E-state index contributed by atoms with van der Waals surface area (Å²) in [6.07, 6.45) is 3.54. The van der Waals surface area contributed by atoms with E-state index < -0.39 is 4.92 Å². The normalized spacial score (nSPS) is 10.8. The van der Waals surface area contributed by atoms with E-state index in [0.717, 1.165) is 5.56 Å². The van der Waals surface area contributed by atoms with Gasteiger partial charge in [-0.25, -0.2) is 0 Å². The van der Waals surface area contributed by atoms with Crippen LogP contribution < -0.4 is 0 Å². The molecule has 0 saturated carbocycles. The van der Waals surface area contributed by atoms with Gasteiger partial charge in [0.05, 0.1) is 17.1 Å². The van der Waals surface area contributed by atoms with Gasteiger partial charge < -0.3 is 5.11 Å². The maximum absolute atomic E-state index is 10.7. The number of nitrogens with zero attached hydrogens (tertiary/aromatic N) is 1. The van der Waals surface area contributed by atoms with Crippen molar-refractivity contribution in [2.24, 2.45) is 0 Å². The molecular weight excluding hydrogens is 214 g/mol. The number of benzene rings is 1. The second-order valence-corrected chi connectivity index (χ2v) is 3.25. The fraction of sp³-hybridized carbons (Fsp3) is 0.200. The van der Waals surface area contributed by atoms with Crippen LogP contribution in [0, 0.1) is 10.1 Å². The molecule has 1 aromatic rings. The molecule has 1 N–H and O–H groups in total. The zero-order valence-electron chi connectivity index (χ0n) is 7.96. The average molecular weight is 225 g/mol. The smallest absolute Gasteiger partial charge is 0.275 e. The zero-order chi connectivity index (χ0) is 11.3. The van der Waals surface area contributed by atoms with Gasteiger partial charge in [-0.1, -0.05) is 18.2 Å². The monoisotopic (exact) mass is 225 g/mol. The highest BCUT2D eigenvalue weighted by atomic mass is 32.1. The molecule has 0 bridgehead atoms. The van der Waals surface area contributed by atoms with Crippen LogP contribution in [-0.4, -0.2) is 15.8 Å². The summed E-state index contributed by atoms with van der Waals surface area (Å²) in [5.74, 6) is 0.579. The van der Waals surface area contributed by atoms with Crippen LogP contribution in [0.4, 0.5) is 5.69 Å². The van der Waals surface area contributed by atoms with Crippen molar-refractivity contribution in [2.75, 3.05) is 5.75 Å². The van der Waals surface area contributed by atoms with Crippen LogP contribution in [0.5, 0.6) is 0 Å². The van der Waals surface area contributed by atoms with Crippen LogP contribution in [0.2, 0.25) is 0 Å². The average Bonchev–Trinajstić information content (AvgIpc) is 2.25. The van der Waals surface area contributed by atoms with E-state index in [9.17, 15) is 10.1 Å². The molecule has 0 aliphatic carbocycles. The fourth-order valence-electron chi connectivity index (χ4n) is 1.18. The van der Waals surface area contributed by atoms with Crippen molar-refractivity contribution >= 4 is 24.4 Å². The van der Waals surface area contributed by atoms with Crippen LogP contribution in [0.3, 0.4) is 0 Å².